The number of aryl methyl sites for hydroxylation is 1. The molecule has 0 bridgehead atoms. The fraction of sp³-hybridized carbons (Fsp3) is 0.280. The van der Waals surface area contributed by atoms with Crippen molar-refractivity contribution >= 4 is 38.9 Å². The molecule has 1 amide bonds. The Hall–Kier alpha value is -3.48. The number of anilines is 2. The van der Waals surface area contributed by atoms with E-state index in [0.29, 0.717) is 11.8 Å². The van der Waals surface area contributed by atoms with Crippen molar-refractivity contribution in [2.24, 2.45) is 0 Å². The van der Waals surface area contributed by atoms with E-state index in [1.54, 1.807) is 6.92 Å². The number of sulfonamides is 1. The lowest BCUT2D eigenvalue weighted by molar-refractivity contribution is -0.133. The molecule has 0 saturated heterocycles. The number of rotatable bonds is 6. The van der Waals surface area contributed by atoms with Crippen molar-refractivity contribution < 1.29 is 31.8 Å². The summed E-state index contributed by atoms with van der Waals surface area (Å²) < 4.78 is 59.6. The van der Waals surface area contributed by atoms with Crippen LogP contribution in [0.1, 0.15) is 25.1 Å². The highest BCUT2D eigenvalue weighted by molar-refractivity contribution is 7.92. The molecule has 2 heterocycles. The number of pyridine rings is 1. The summed E-state index contributed by atoms with van der Waals surface area (Å²) >= 11 is 6.29. The zero-order valence-electron chi connectivity index (χ0n) is 20.8. The van der Waals surface area contributed by atoms with Crippen LogP contribution in [-0.2, 0) is 21.4 Å². The van der Waals surface area contributed by atoms with Crippen molar-refractivity contribution in [2.45, 2.75) is 33.0 Å². The van der Waals surface area contributed by atoms with Gasteiger partial charge < -0.3 is 9.84 Å². The minimum Gasteiger partial charge on any atom is -0.487 e. The summed E-state index contributed by atoms with van der Waals surface area (Å²) in [6.45, 7) is 3.52. The maximum atomic E-state index is 14.0. The summed E-state index contributed by atoms with van der Waals surface area (Å²) in [7, 11) is -3.76. The highest BCUT2D eigenvalue weighted by atomic mass is 35.5. The largest absolute Gasteiger partial charge is 0.487 e. The predicted molar refractivity (Wildman–Crippen MR) is 138 cm³/mol. The highest BCUT2D eigenvalue weighted by Gasteiger charge is 2.40. The third-order valence-electron chi connectivity index (χ3n) is 5.91. The number of amides is 1. The molecule has 13 heteroatoms. The van der Waals surface area contributed by atoms with Gasteiger partial charge in [0.15, 0.2) is 0 Å². The third kappa shape index (κ3) is 5.11. The number of aliphatic hydroxyl groups is 1. The molecule has 0 spiro atoms. The van der Waals surface area contributed by atoms with Gasteiger partial charge in [0.1, 0.15) is 41.3 Å². The summed E-state index contributed by atoms with van der Waals surface area (Å²) in [4.78, 5) is 27.3. The van der Waals surface area contributed by atoms with Crippen LogP contribution in [0.5, 0.6) is 5.75 Å². The van der Waals surface area contributed by atoms with Crippen molar-refractivity contribution in [3.63, 3.8) is 0 Å². The Balaban J connectivity index is 1.75. The van der Waals surface area contributed by atoms with E-state index in [1.165, 1.54) is 48.7 Å². The molecule has 1 aliphatic rings. The van der Waals surface area contributed by atoms with Gasteiger partial charge in [0.05, 0.1) is 23.3 Å². The predicted octanol–water partition coefficient (Wildman–Crippen LogP) is 3.50. The second kappa shape index (κ2) is 9.68. The molecule has 2 aromatic carbocycles. The molecule has 0 atom stereocenters. The second-order valence-corrected chi connectivity index (χ2v) is 11.6. The summed E-state index contributed by atoms with van der Waals surface area (Å²) in [5.74, 6) is -2.30. The number of benzene rings is 2. The van der Waals surface area contributed by atoms with Gasteiger partial charge in [0.25, 0.3) is 11.5 Å². The van der Waals surface area contributed by atoms with Gasteiger partial charge in [-0.3, -0.25) is 19.1 Å². The first-order valence-corrected chi connectivity index (χ1v) is 13.5. The third-order valence-corrected chi connectivity index (χ3v) is 7.37. The maximum Gasteiger partial charge on any atom is 0.277 e. The molecule has 4 rings (SSSR count). The molecular formula is C25H24ClF2N3O6S. The van der Waals surface area contributed by atoms with Crippen molar-refractivity contribution in [1.82, 2.24) is 4.57 Å². The van der Waals surface area contributed by atoms with Gasteiger partial charge in [-0.15, -0.1) is 0 Å². The topological polar surface area (TPSA) is 109 Å². The average Bonchev–Trinajstić information content (AvgIpc) is 3.19. The van der Waals surface area contributed by atoms with E-state index in [0.717, 1.165) is 21.5 Å². The molecule has 0 radical (unpaired) electrons. The van der Waals surface area contributed by atoms with Crippen LogP contribution < -0.4 is 19.5 Å². The Morgan fingerprint density at radius 3 is 2.42 bits per heavy atom. The van der Waals surface area contributed by atoms with E-state index < -0.39 is 38.7 Å². The fourth-order valence-corrected chi connectivity index (χ4v) is 5.08. The number of carbonyl (C=O) groups excluding carboxylic acids is 1. The SMILES string of the molecule is Cc1cc(OCc2ccc(F)cc2F)c(Cl)c(=O)n1-c1ccc2c(c1)N(C(=O)C(C)(C)O)CN2S(C)(=O)=O. The van der Waals surface area contributed by atoms with Crippen molar-refractivity contribution in [3.05, 3.63) is 80.7 Å². The van der Waals surface area contributed by atoms with Gasteiger partial charge in [-0.1, -0.05) is 11.6 Å². The number of hydrogen-bond acceptors (Lipinski definition) is 6. The van der Waals surface area contributed by atoms with Crippen LogP contribution in [0.3, 0.4) is 0 Å². The molecular weight excluding hydrogens is 544 g/mol. The minimum absolute atomic E-state index is 0.0163. The summed E-state index contributed by atoms with van der Waals surface area (Å²) in [6, 6.07) is 8.87. The quantitative estimate of drug-likeness (QED) is 0.488. The Bertz CT molecular complexity index is 1620. The van der Waals surface area contributed by atoms with Crippen LogP contribution in [0.25, 0.3) is 5.69 Å². The number of ether oxygens (including phenoxy) is 1. The maximum absolute atomic E-state index is 14.0. The number of hydrogen-bond donors (Lipinski definition) is 1. The van der Waals surface area contributed by atoms with Crippen LogP contribution in [-0.4, -0.2) is 42.5 Å². The molecule has 1 aromatic heterocycles. The Kier molecular flexibility index (Phi) is 7.02. The first kappa shape index (κ1) is 27.6. The summed E-state index contributed by atoms with van der Waals surface area (Å²) in [6.07, 6.45) is 0.994. The average molecular weight is 568 g/mol. The Morgan fingerprint density at radius 1 is 1.13 bits per heavy atom. The summed E-state index contributed by atoms with van der Waals surface area (Å²) in [5, 5.41) is 9.97. The van der Waals surface area contributed by atoms with E-state index in [4.69, 9.17) is 16.3 Å². The number of halogens is 3. The van der Waals surface area contributed by atoms with Crippen LogP contribution in [0, 0.1) is 18.6 Å². The lowest BCUT2D eigenvalue weighted by Crippen LogP contribution is -2.47. The van der Waals surface area contributed by atoms with E-state index >= 15 is 0 Å². The van der Waals surface area contributed by atoms with Crippen molar-refractivity contribution in [3.8, 4) is 11.4 Å². The smallest absolute Gasteiger partial charge is 0.277 e. The molecule has 1 aliphatic heterocycles. The molecule has 0 saturated carbocycles. The molecule has 0 unspecified atom stereocenters. The molecule has 3 aromatic rings. The van der Waals surface area contributed by atoms with E-state index in [-0.39, 0.29) is 46.7 Å². The molecule has 0 fully saturated rings. The van der Waals surface area contributed by atoms with Crippen molar-refractivity contribution in [1.29, 1.82) is 0 Å². The molecule has 0 aliphatic carbocycles. The van der Waals surface area contributed by atoms with Crippen LogP contribution in [0.2, 0.25) is 5.02 Å². The first-order chi connectivity index (χ1) is 17.6. The van der Waals surface area contributed by atoms with Gasteiger partial charge in [0.2, 0.25) is 10.0 Å². The zero-order chi connectivity index (χ0) is 28.2. The number of carbonyl (C=O) groups is 1. The van der Waals surface area contributed by atoms with Gasteiger partial charge >= 0.3 is 0 Å². The van der Waals surface area contributed by atoms with E-state index in [9.17, 15) is 31.9 Å². The fourth-order valence-electron chi connectivity index (χ4n) is 4.05. The minimum atomic E-state index is -3.76. The Labute approximate surface area is 222 Å². The Morgan fingerprint density at radius 2 is 1.82 bits per heavy atom. The van der Waals surface area contributed by atoms with Crippen LogP contribution in [0.15, 0.2) is 47.3 Å². The summed E-state index contributed by atoms with van der Waals surface area (Å²) in [5.41, 5.74) is -1.39. The van der Waals surface area contributed by atoms with Gasteiger partial charge in [0, 0.05) is 23.4 Å². The van der Waals surface area contributed by atoms with Crippen molar-refractivity contribution in [2.75, 3.05) is 22.1 Å². The monoisotopic (exact) mass is 567 g/mol. The van der Waals surface area contributed by atoms with Gasteiger partial charge in [-0.25, -0.2) is 21.5 Å². The van der Waals surface area contributed by atoms with Gasteiger partial charge in [-0.2, -0.15) is 0 Å². The lowest BCUT2D eigenvalue weighted by atomic mass is 10.1. The van der Waals surface area contributed by atoms with Crippen LogP contribution >= 0.6 is 11.6 Å². The molecule has 202 valence electrons. The van der Waals surface area contributed by atoms with E-state index in [2.05, 4.69) is 0 Å². The van der Waals surface area contributed by atoms with Gasteiger partial charge in [-0.05, 0) is 51.1 Å². The lowest BCUT2D eigenvalue weighted by Gasteiger charge is -2.25. The second-order valence-electron chi connectivity index (χ2n) is 9.35. The number of fused-ring (bicyclic) bond motifs is 1. The first-order valence-electron chi connectivity index (χ1n) is 11.2. The highest BCUT2D eigenvalue weighted by Crippen LogP contribution is 2.40. The van der Waals surface area contributed by atoms with E-state index in [1.807, 2.05) is 0 Å². The molecule has 38 heavy (non-hydrogen) atoms. The zero-order valence-corrected chi connectivity index (χ0v) is 22.4. The normalized spacial score (nSPS) is 13.6. The number of aromatic nitrogens is 1. The standard InChI is InChI=1S/C25H24ClF2N3O6S/c1-14-9-21(37-12-15-5-6-16(27)10-18(15)28)22(26)23(32)31(14)17-7-8-19-20(11-17)29(24(33)25(2,3)34)13-30(19)38(4,35)36/h5-11,34H,12-13H2,1-4H3. The number of nitrogens with zero attached hydrogens (tertiary/aromatic N) is 3. The molecule has 1 N–H and O–H groups in total. The van der Waals surface area contributed by atoms with Crippen LogP contribution in [0.4, 0.5) is 20.2 Å². The molecule has 9 nitrogen and oxygen atoms in total.